The Morgan fingerprint density at radius 3 is 2.15 bits per heavy atom. The number of amides is 2. The van der Waals surface area contributed by atoms with Crippen molar-refractivity contribution < 1.29 is 18.0 Å². The third-order valence-electron chi connectivity index (χ3n) is 5.33. The van der Waals surface area contributed by atoms with Crippen molar-refractivity contribution in [3.63, 3.8) is 0 Å². The Morgan fingerprint density at radius 1 is 0.970 bits per heavy atom. The molecule has 180 valence electrons. The molecule has 0 aliphatic heterocycles. The number of carbonyl (C=O) groups excluding carboxylic acids is 2. The monoisotopic (exact) mass is 473 g/mol. The van der Waals surface area contributed by atoms with Crippen LogP contribution in [0.3, 0.4) is 0 Å². The molecular formula is C25H35N3O4S. The van der Waals surface area contributed by atoms with Crippen LogP contribution >= 0.6 is 0 Å². The van der Waals surface area contributed by atoms with Crippen molar-refractivity contribution in [2.45, 2.75) is 59.2 Å². The lowest BCUT2D eigenvalue weighted by Gasteiger charge is -2.30. The highest BCUT2D eigenvalue weighted by molar-refractivity contribution is 7.92. The molecule has 0 spiro atoms. The summed E-state index contributed by atoms with van der Waals surface area (Å²) in [4.78, 5) is 27.4. The first kappa shape index (κ1) is 26.4. The van der Waals surface area contributed by atoms with Gasteiger partial charge in [0.15, 0.2) is 0 Å². The third-order valence-corrected chi connectivity index (χ3v) is 6.51. The molecule has 2 aromatic carbocycles. The quantitative estimate of drug-likeness (QED) is 0.541. The molecule has 0 bridgehead atoms. The number of carbonyl (C=O) groups is 2. The van der Waals surface area contributed by atoms with Crippen LogP contribution in [0.15, 0.2) is 54.6 Å². The van der Waals surface area contributed by atoms with Crippen molar-refractivity contribution in [1.29, 1.82) is 0 Å². The van der Waals surface area contributed by atoms with Crippen LogP contribution in [0.25, 0.3) is 0 Å². The molecular weight excluding hydrogens is 438 g/mol. The van der Waals surface area contributed by atoms with E-state index in [1.54, 1.807) is 24.0 Å². The van der Waals surface area contributed by atoms with E-state index in [0.29, 0.717) is 18.7 Å². The van der Waals surface area contributed by atoms with Crippen LogP contribution in [0, 0.1) is 6.92 Å². The summed E-state index contributed by atoms with van der Waals surface area (Å²) in [6.07, 6.45) is 1.63. The fourth-order valence-corrected chi connectivity index (χ4v) is 4.62. The van der Waals surface area contributed by atoms with Gasteiger partial charge in [0.2, 0.25) is 21.8 Å². The average Bonchev–Trinajstić information content (AvgIpc) is 2.74. The number of rotatable bonds is 11. The molecule has 7 nitrogen and oxygen atoms in total. The van der Waals surface area contributed by atoms with Crippen LogP contribution in [-0.4, -0.2) is 50.0 Å². The first-order valence-electron chi connectivity index (χ1n) is 11.2. The summed E-state index contributed by atoms with van der Waals surface area (Å²) in [5.41, 5.74) is 2.38. The van der Waals surface area contributed by atoms with Crippen LogP contribution in [0.5, 0.6) is 0 Å². The summed E-state index contributed by atoms with van der Waals surface area (Å²) in [6.45, 7) is 7.81. The van der Waals surface area contributed by atoms with Gasteiger partial charge in [-0.15, -0.1) is 0 Å². The highest BCUT2D eigenvalue weighted by Crippen LogP contribution is 2.23. The molecule has 0 fully saturated rings. The minimum atomic E-state index is -3.51. The van der Waals surface area contributed by atoms with E-state index in [1.165, 1.54) is 10.6 Å². The lowest BCUT2D eigenvalue weighted by Crippen LogP contribution is -2.49. The first-order valence-corrected chi connectivity index (χ1v) is 13.0. The highest BCUT2D eigenvalue weighted by Gasteiger charge is 2.27. The van der Waals surface area contributed by atoms with Crippen LogP contribution in [0.2, 0.25) is 0 Å². The van der Waals surface area contributed by atoms with E-state index in [1.807, 2.05) is 63.2 Å². The minimum absolute atomic E-state index is 0.0361. The van der Waals surface area contributed by atoms with Crippen molar-refractivity contribution in [3.05, 3.63) is 65.7 Å². The normalized spacial score (nSPS) is 12.3. The second kappa shape index (κ2) is 11.8. The van der Waals surface area contributed by atoms with Crippen molar-refractivity contribution in [2.24, 2.45) is 0 Å². The topological polar surface area (TPSA) is 86.8 Å². The zero-order valence-electron chi connectivity index (χ0n) is 20.1. The second-order valence-corrected chi connectivity index (χ2v) is 10.5. The molecule has 0 saturated heterocycles. The molecule has 2 amide bonds. The van der Waals surface area contributed by atoms with E-state index in [9.17, 15) is 18.0 Å². The van der Waals surface area contributed by atoms with E-state index in [2.05, 4.69) is 5.32 Å². The smallest absolute Gasteiger partial charge is 0.242 e. The van der Waals surface area contributed by atoms with Crippen LogP contribution in [0.4, 0.5) is 5.69 Å². The molecule has 0 heterocycles. The van der Waals surface area contributed by atoms with Gasteiger partial charge in [-0.25, -0.2) is 8.42 Å². The Morgan fingerprint density at radius 2 is 1.58 bits per heavy atom. The number of hydrogen-bond donors (Lipinski definition) is 1. The maximum atomic E-state index is 13.2. The lowest BCUT2D eigenvalue weighted by molar-refractivity contribution is -0.140. The lowest BCUT2D eigenvalue weighted by atomic mass is 10.1. The molecule has 2 aromatic rings. The summed E-state index contributed by atoms with van der Waals surface area (Å²) in [7, 11) is -3.51. The van der Waals surface area contributed by atoms with Gasteiger partial charge in [-0.05, 0) is 51.3 Å². The number of anilines is 1. The van der Waals surface area contributed by atoms with Crippen molar-refractivity contribution in [1.82, 2.24) is 10.2 Å². The molecule has 8 heteroatoms. The summed E-state index contributed by atoms with van der Waals surface area (Å²) in [5.74, 6) is -0.407. The van der Waals surface area contributed by atoms with Crippen LogP contribution < -0.4 is 9.62 Å². The maximum absolute atomic E-state index is 13.2. The molecule has 0 radical (unpaired) electrons. The average molecular weight is 474 g/mol. The number of nitrogens with zero attached hydrogens (tertiary/aromatic N) is 2. The highest BCUT2D eigenvalue weighted by atomic mass is 32.2. The van der Waals surface area contributed by atoms with Gasteiger partial charge in [0.25, 0.3) is 0 Å². The van der Waals surface area contributed by atoms with E-state index < -0.39 is 16.1 Å². The number of sulfonamides is 1. The Labute approximate surface area is 197 Å². The van der Waals surface area contributed by atoms with Gasteiger partial charge in [-0.3, -0.25) is 13.9 Å². The number of hydrogen-bond acceptors (Lipinski definition) is 4. The molecule has 0 unspecified atom stereocenters. The van der Waals surface area contributed by atoms with Gasteiger partial charge in [0.05, 0.1) is 11.9 Å². The molecule has 2 rings (SSSR count). The van der Waals surface area contributed by atoms with Gasteiger partial charge in [0, 0.05) is 25.6 Å². The largest absolute Gasteiger partial charge is 0.352 e. The summed E-state index contributed by atoms with van der Waals surface area (Å²) < 4.78 is 26.2. The molecule has 1 atom stereocenters. The van der Waals surface area contributed by atoms with Gasteiger partial charge in [-0.1, -0.05) is 48.5 Å². The van der Waals surface area contributed by atoms with Crippen LogP contribution in [-0.2, 0) is 26.2 Å². The number of para-hydroxylation sites is 1. The van der Waals surface area contributed by atoms with E-state index >= 15 is 0 Å². The van der Waals surface area contributed by atoms with Gasteiger partial charge in [-0.2, -0.15) is 0 Å². The van der Waals surface area contributed by atoms with Crippen molar-refractivity contribution >= 4 is 27.5 Å². The summed E-state index contributed by atoms with van der Waals surface area (Å²) in [6, 6.07) is 16.1. The number of nitrogens with one attached hydrogen (secondary N) is 1. The molecule has 33 heavy (non-hydrogen) atoms. The van der Waals surface area contributed by atoms with Crippen molar-refractivity contribution in [2.75, 3.05) is 17.1 Å². The zero-order chi connectivity index (χ0) is 24.6. The predicted octanol–water partition coefficient (Wildman–Crippen LogP) is 3.48. The number of benzene rings is 2. The number of aryl methyl sites for hydroxylation is 1. The van der Waals surface area contributed by atoms with Crippen LogP contribution in [0.1, 0.15) is 44.7 Å². The third kappa shape index (κ3) is 7.89. The Bertz CT molecular complexity index is 1040. The van der Waals surface area contributed by atoms with E-state index in [4.69, 9.17) is 0 Å². The fourth-order valence-electron chi connectivity index (χ4n) is 3.59. The Hall–Kier alpha value is -2.87. The molecule has 0 aromatic heterocycles. The first-order chi connectivity index (χ1) is 15.5. The van der Waals surface area contributed by atoms with Crippen molar-refractivity contribution in [3.8, 4) is 0 Å². The molecule has 0 aliphatic carbocycles. The van der Waals surface area contributed by atoms with Gasteiger partial charge < -0.3 is 10.2 Å². The maximum Gasteiger partial charge on any atom is 0.242 e. The second-order valence-electron chi connectivity index (χ2n) is 8.57. The molecule has 1 N–H and O–H groups in total. The van der Waals surface area contributed by atoms with E-state index in [-0.39, 0.29) is 30.8 Å². The summed E-state index contributed by atoms with van der Waals surface area (Å²) >= 11 is 0. The Balaban J connectivity index is 2.15. The zero-order valence-corrected chi connectivity index (χ0v) is 20.9. The fraction of sp³-hybridized carbons (Fsp3) is 0.440. The SMILES string of the molecule is Cc1ccccc1N(CCCC(=O)N(Cc1ccccc1)[C@@H](C)C(=O)NC(C)C)S(C)(=O)=O. The summed E-state index contributed by atoms with van der Waals surface area (Å²) in [5, 5.41) is 2.87. The van der Waals surface area contributed by atoms with E-state index in [0.717, 1.165) is 11.1 Å². The standard InChI is InChI=1S/C25H35N3O4S/c1-19(2)26-25(30)21(4)27(18-22-13-7-6-8-14-22)24(29)16-11-17-28(33(5,31)32)23-15-10-9-12-20(23)3/h6-10,12-15,19,21H,11,16-18H2,1-5H3,(H,26,30)/t21-/m0/s1. The van der Waals surface area contributed by atoms with Gasteiger partial charge in [0.1, 0.15) is 6.04 Å². The Kier molecular flexibility index (Phi) is 9.46. The predicted molar refractivity (Wildman–Crippen MR) is 132 cm³/mol. The minimum Gasteiger partial charge on any atom is -0.352 e. The molecule has 0 aliphatic rings. The van der Waals surface area contributed by atoms with Gasteiger partial charge >= 0.3 is 0 Å². The molecule has 0 saturated carbocycles.